The number of benzene rings is 5. The minimum absolute atomic E-state index is 0.319. The molecule has 0 bridgehead atoms. The van der Waals surface area contributed by atoms with Gasteiger partial charge >= 0.3 is 0 Å². The molecule has 2 aliphatic carbocycles. The number of aromatic nitrogens is 6. The minimum Gasteiger partial charge on any atom is -0.318 e. The molecule has 244 valence electrons. The van der Waals surface area contributed by atoms with Crippen molar-refractivity contribution >= 4 is 60.1 Å². The Morgan fingerprint density at radius 3 is 1.96 bits per heavy atom. The minimum atomic E-state index is 0.319. The molecule has 9 aromatic rings. The SMILES string of the molecule is CC1CC=CC=C1c1nc(-n2c3c(c4ccc5ccccc5c42)CCc2c-3n(-c3ccccc3)c3c2ccc2ccccc23)nc2c1ncn2C. The summed E-state index contributed by atoms with van der Waals surface area (Å²) in [7, 11) is 2.03. The lowest BCUT2D eigenvalue weighted by Crippen LogP contribution is -2.13. The topological polar surface area (TPSA) is 53.5 Å². The van der Waals surface area contributed by atoms with Crippen molar-refractivity contribution in [2.24, 2.45) is 13.0 Å². The molecule has 6 nitrogen and oxygen atoms in total. The number of imidazole rings is 1. The zero-order valence-electron chi connectivity index (χ0n) is 28.5. The molecule has 0 saturated carbocycles. The molecular weight excluding hydrogens is 625 g/mol. The third-order valence-electron chi connectivity index (χ3n) is 11.2. The van der Waals surface area contributed by atoms with Crippen LogP contribution in [-0.2, 0) is 19.9 Å². The summed E-state index contributed by atoms with van der Waals surface area (Å²) >= 11 is 0. The monoisotopic (exact) mass is 658 g/mol. The van der Waals surface area contributed by atoms with Gasteiger partial charge in [-0.25, -0.2) is 9.97 Å². The van der Waals surface area contributed by atoms with Crippen molar-refractivity contribution in [1.29, 1.82) is 0 Å². The molecule has 0 saturated heterocycles. The van der Waals surface area contributed by atoms with Crippen molar-refractivity contribution in [2.75, 3.05) is 0 Å². The Kier molecular flexibility index (Phi) is 5.94. The van der Waals surface area contributed by atoms with Crippen LogP contribution >= 0.6 is 0 Å². The van der Waals surface area contributed by atoms with Crippen LogP contribution in [-0.4, -0.2) is 28.7 Å². The molecule has 0 fully saturated rings. The molecule has 0 aliphatic heterocycles. The van der Waals surface area contributed by atoms with E-state index in [1.807, 2.05) is 17.9 Å². The van der Waals surface area contributed by atoms with Crippen molar-refractivity contribution in [3.05, 3.63) is 145 Å². The third-order valence-corrected chi connectivity index (χ3v) is 11.2. The predicted octanol–water partition coefficient (Wildman–Crippen LogP) is 10.3. The quantitative estimate of drug-likeness (QED) is 0.190. The van der Waals surface area contributed by atoms with Gasteiger partial charge in [-0.1, -0.05) is 116 Å². The number of hydrogen-bond acceptors (Lipinski definition) is 3. The molecule has 5 aromatic carbocycles. The van der Waals surface area contributed by atoms with Gasteiger partial charge in [0, 0.05) is 34.3 Å². The van der Waals surface area contributed by atoms with Crippen LogP contribution in [0.3, 0.4) is 0 Å². The van der Waals surface area contributed by atoms with E-state index in [0.717, 1.165) is 47.3 Å². The van der Waals surface area contributed by atoms with E-state index in [2.05, 4.69) is 137 Å². The van der Waals surface area contributed by atoms with Crippen LogP contribution in [0.5, 0.6) is 0 Å². The number of para-hydroxylation sites is 1. The van der Waals surface area contributed by atoms with E-state index in [0.29, 0.717) is 11.9 Å². The summed E-state index contributed by atoms with van der Waals surface area (Å²) in [6, 6.07) is 37.6. The maximum atomic E-state index is 5.54. The molecule has 11 rings (SSSR count). The number of rotatable bonds is 3. The molecule has 0 radical (unpaired) electrons. The highest BCUT2D eigenvalue weighted by Gasteiger charge is 2.34. The number of hydrogen-bond donors (Lipinski definition) is 0. The fourth-order valence-electron chi connectivity index (χ4n) is 8.87. The first kappa shape index (κ1) is 28.6. The van der Waals surface area contributed by atoms with Gasteiger partial charge in [-0.3, -0.25) is 4.57 Å². The van der Waals surface area contributed by atoms with Gasteiger partial charge in [0.15, 0.2) is 5.65 Å². The molecule has 0 spiro atoms. The van der Waals surface area contributed by atoms with Crippen molar-refractivity contribution in [3.63, 3.8) is 0 Å². The Morgan fingerprint density at radius 2 is 1.27 bits per heavy atom. The molecular formula is C45H34N6. The maximum Gasteiger partial charge on any atom is 0.237 e. The first-order chi connectivity index (χ1) is 25.2. The van der Waals surface area contributed by atoms with E-state index in [9.17, 15) is 0 Å². The zero-order chi connectivity index (χ0) is 33.8. The fraction of sp³-hybridized carbons (Fsp3) is 0.133. The summed E-state index contributed by atoms with van der Waals surface area (Å²) in [5.74, 6) is 0.994. The Morgan fingerprint density at radius 1 is 0.647 bits per heavy atom. The number of nitrogens with zero attached hydrogens (tertiary/aromatic N) is 6. The Bertz CT molecular complexity index is 2970. The second-order valence-electron chi connectivity index (χ2n) is 14.1. The molecule has 0 N–H and O–H groups in total. The fourth-order valence-corrected chi connectivity index (χ4v) is 8.87. The Labute approximate surface area is 294 Å². The lowest BCUT2D eigenvalue weighted by atomic mass is 9.90. The van der Waals surface area contributed by atoms with Crippen molar-refractivity contribution in [3.8, 4) is 23.0 Å². The van der Waals surface area contributed by atoms with Gasteiger partial charge in [-0.15, -0.1) is 0 Å². The molecule has 6 heteroatoms. The van der Waals surface area contributed by atoms with Crippen molar-refractivity contribution in [2.45, 2.75) is 26.2 Å². The van der Waals surface area contributed by atoms with E-state index >= 15 is 0 Å². The average Bonchev–Trinajstić information content (AvgIpc) is 3.84. The maximum absolute atomic E-state index is 5.54. The van der Waals surface area contributed by atoms with Crippen LogP contribution in [0.4, 0.5) is 0 Å². The van der Waals surface area contributed by atoms with Gasteiger partial charge in [0.2, 0.25) is 5.95 Å². The molecule has 4 heterocycles. The molecule has 1 unspecified atom stereocenters. The lowest BCUT2D eigenvalue weighted by molar-refractivity contribution is 0.753. The van der Waals surface area contributed by atoms with E-state index in [4.69, 9.17) is 15.0 Å². The third kappa shape index (κ3) is 3.96. The van der Waals surface area contributed by atoms with Gasteiger partial charge in [-0.05, 0) is 64.8 Å². The van der Waals surface area contributed by atoms with Gasteiger partial charge in [0.25, 0.3) is 0 Å². The Hall–Kier alpha value is -6.27. The first-order valence-electron chi connectivity index (χ1n) is 17.9. The van der Waals surface area contributed by atoms with Gasteiger partial charge < -0.3 is 9.13 Å². The number of aryl methyl sites for hydroxylation is 3. The van der Waals surface area contributed by atoms with Crippen molar-refractivity contribution in [1.82, 2.24) is 28.7 Å². The van der Waals surface area contributed by atoms with E-state index < -0.39 is 0 Å². The molecule has 4 aromatic heterocycles. The first-order valence-corrected chi connectivity index (χ1v) is 17.9. The van der Waals surface area contributed by atoms with Crippen LogP contribution in [0, 0.1) is 5.92 Å². The van der Waals surface area contributed by atoms with Gasteiger partial charge in [0.1, 0.15) is 11.2 Å². The lowest BCUT2D eigenvalue weighted by Gasteiger charge is -2.21. The van der Waals surface area contributed by atoms with Gasteiger partial charge in [-0.2, -0.15) is 4.98 Å². The highest BCUT2D eigenvalue weighted by Crippen LogP contribution is 2.49. The summed E-state index contributed by atoms with van der Waals surface area (Å²) in [5.41, 5.74) is 12.4. The predicted molar refractivity (Wildman–Crippen MR) is 209 cm³/mol. The van der Waals surface area contributed by atoms with Crippen LogP contribution in [0.2, 0.25) is 0 Å². The summed E-state index contributed by atoms with van der Waals surface area (Å²) in [5, 5.41) is 7.45. The average molecular weight is 659 g/mol. The number of allylic oxidation sites excluding steroid dienone is 4. The second kappa shape index (κ2) is 10.6. The van der Waals surface area contributed by atoms with Gasteiger partial charge in [0.05, 0.1) is 28.7 Å². The largest absolute Gasteiger partial charge is 0.318 e. The van der Waals surface area contributed by atoms with Crippen LogP contribution in [0.1, 0.15) is 30.2 Å². The summed E-state index contributed by atoms with van der Waals surface area (Å²) in [4.78, 5) is 15.8. The smallest absolute Gasteiger partial charge is 0.237 e. The summed E-state index contributed by atoms with van der Waals surface area (Å²) < 4.78 is 6.94. The Balaban J connectivity index is 1.35. The second-order valence-corrected chi connectivity index (χ2v) is 14.1. The standard InChI is InChI=1S/C45H34N6/c1-27-12-6-9-17-31(27)38-39-44(49(2)26-46-39)48-45(47-38)51-41-33-19-11-8-14-29(33)21-23-35(41)37-25-24-36-34-22-20-28-13-7-10-18-32(28)40(34)50(42(36)43(37)51)30-15-4-3-5-16-30/h3-11,13-23,26-27H,12,24-25H2,1-2H3. The van der Waals surface area contributed by atoms with E-state index in [-0.39, 0.29) is 0 Å². The molecule has 51 heavy (non-hydrogen) atoms. The van der Waals surface area contributed by atoms with Crippen LogP contribution in [0.15, 0.2) is 128 Å². The summed E-state index contributed by atoms with van der Waals surface area (Å²) in [6.07, 6.45) is 11.3. The van der Waals surface area contributed by atoms with Crippen LogP contribution < -0.4 is 0 Å². The number of fused-ring (bicyclic) bond motifs is 12. The molecule has 2 aliphatic rings. The summed E-state index contributed by atoms with van der Waals surface area (Å²) in [6.45, 7) is 2.28. The normalized spacial score (nSPS) is 15.6. The van der Waals surface area contributed by atoms with E-state index in [1.54, 1.807) is 0 Å². The van der Waals surface area contributed by atoms with E-state index in [1.165, 1.54) is 65.9 Å². The zero-order valence-corrected chi connectivity index (χ0v) is 28.5. The van der Waals surface area contributed by atoms with Crippen molar-refractivity contribution < 1.29 is 0 Å². The molecule has 1 atom stereocenters. The van der Waals surface area contributed by atoms with Crippen LogP contribution in [0.25, 0.3) is 83.1 Å². The molecule has 0 amide bonds. The highest BCUT2D eigenvalue weighted by molar-refractivity contribution is 6.14. The highest BCUT2D eigenvalue weighted by atomic mass is 15.2.